The van der Waals surface area contributed by atoms with Crippen LogP contribution in [0, 0.1) is 6.92 Å². The highest BCUT2D eigenvalue weighted by Gasteiger charge is 2.25. The number of anilines is 5. The SMILES string of the molecule is CC(=O)Nc1ccc2nsc(N=Nc3c(O)c(C(=O)Nc4ccc(CO)cc4)cc4ccccc34)c2c1.Cc1nnc(N=Nc2c(O)c(C(=O)Nc3ccc(CO)cc3)cc3ccccc23)s1.O=Cc1cn[nH]c1N=Nc1c(O)c(C(=O)Nc2ccc(CO)cc2)cc2ccccc12.O=Cc1cn[nH]c1N=Nc1c(O)c(C(=O)Nc2ccc(CO)cc2)cc2ccccc12. The third-order valence-electron chi connectivity index (χ3n) is 19.4. The molecule has 4 aromatic heterocycles. The summed E-state index contributed by atoms with van der Waals surface area (Å²) in [5.74, 6) is -3.27. The molecular formula is C92H72N20O15S2. The number of phenols is 4. The van der Waals surface area contributed by atoms with Crippen LogP contribution in [-0.4, -0.2) is 118 Å². The Hall–Kier alpha value is -17.1. The van der Waals surface area contributed by atoms with Crippen LogP contribution < -0.4 is 26.6 Å². The van der Waals surface area contributed by atoms with E-state index in [-0.39, 0.29) is 123 Å². The van der Waals surface area contributed by atoms with E-state index in [0.717, 1.165) is 27.5 Å². The van der Waals surface area contributed by atoms with E-state index in [1.54, 1.807) is 200 Å². The van der Waals surface area contributed by atoms with Gasteiger partial charge in [-0.2, -0.15) is 14.6 Å². The van der Waals surface area contributed by atoms with Gasteiger partial charge < -0.3 is 67.4 Å². The number of fused-ring (bicyclic) bond motifs is 5. The summed E-state index contributed by atoms with van der Waals surface area (Å²) in [5, 5.41) is 155. The Morgan fingerprint density at radius 1 is 0.372 bits per heavy atom. The zero-order valence-electron chi connectivity index (χ0n) is 67.7. The van der Waals surface area contributed by atoms with Crippen LogP contribution in [0.2, 0.25) is 0 Å². The zero-order valence-corrected chi connectivity index (χ0v) is 69.4. The summed E-state index contributed by atoms with van der Waals surface area (Å²) in [5.41, 5.74) is 7.32. The predicted octanol–water partition coefficient (Wildman–Crippen LogP) is 19.6. The molecule has 129 heavy (non-hydrogen) atoms. The molecular weight excluding hydrogens is 1690 g/mol. The van der Waals surface area contributed by atoms with Gasteiger partial charge in [0.25, 0.3) is 28.8 Å². The molecule has 35 nitrogen and oxygen atoms in total. The number of carbonyl (C=O) groups excluding carboxylic acids is 7. The topological polar surface area (TPSA) is 536 Å². The fraction of sp³-hybridized carbons (Fsp3) is 0.0652. The van der Waals surface area contributed by atoms with E-state index in [1.165, 1.54) is 30.7 Å². The predicted molar refractivity (Wildman–Crippen MR) is 487 cm³/mol. The van der Waals surface area contributed by atoms with Gasteiger partial charge in [-0.3, -0.25) is 43.8 Å². The van der Waals surface area contributed by atoms with Crippen LogP contribution in [0.4, 0.5) is 73.0 Å². The van der Waals surface area contributed by atoms with Gasteiger partial charge in [-0.25, -0.2) is 0 Å². The van der Waals surface area contributed by atoms with Crippen LogP contribution in [0.15, 0.2) is 290 Å². The zero-order chi connectivity index (χ0) is 90.6. The Kier molecular flexibility index (Phi) is 28.0. The summed E-state index contributed by atoms with van der Waals surface area (Å²) in [4.78, 5) is 85.2. The van der Waals surface area contributed by atoms with Crippen molar-refractivity contribution in [2.45, 2.75) is 40.3 Å². The number of aldehydes is 2. The Bertz CT molecular complexity index is 7020. The number of rotatable bonds is 23. The molecule has 0 aliphatic carbocycles. The molecule has 0 spiro atoms. The lowest BCUT2D eigenvalue weighted by Gasteiger charge is -2.11. The number of nitrogens with zero attached hydrogens (tertiary/aromatic N) is 13. The van der Waals surface area contributed by atoms with Gasteiger partial charge in [0.05, 0.1) is 77.7 Å². The number of aromatic nitrogens is 7. The van der Waals surface area contributed by atoms with Crippen molar-refractivity contribution in [3.8, 4) is 23.0 Å². The van der Waals surface area contributed by atoms with Crippen LogP contribution >= 0.6 is 22.9 Å². The van der Waals surface area contributed by atoms with Crippen LogP contribution in [0.3, 0.4) is 0 Å². The molecule has 0 aliphatic rings. The molecule has 0 atom stereocenters. The Balaban J connectivity index is 0.000000139. The molecule has 0 aliphatic heterocycles. The van der Waals surface area contributed by atoms with Crippen molar-refractivity contribution in [1.29, 1.82) is 0 Å². The number of hydrogen-bond donors (Lipinski definition) is 15. The number of aliphatic hydroxyl groups is 4. The van der Waals surface area contributed by atoms with E-state index in [9.17, 15) is 59.1 Å². The van der Waals surface area contributed by atoms with Gasteiger partial charge in [0, 0.05) is 62.3 Å². The molecule has 0 fully saturated rings. The first kappa shape index (κ1) is 88.2. The molecule has 37 heteroatoms. The Morgan fingerprint density at radius 3 is 1.00 bits per heavy atom. The second kappa shape index (κ2) is 40.9. The second-order valence-corrected chi connectivity index (χ2v) is 29.9. The smallest absolute Gasteiger partial charge is 0.259 e. The van der Waals surface area contributed by atoms with Gasteiger partial charge in [0.2, 0.25) is 5.91 Å². The van der Waals surface area contributed by atoms with Crippen LogP contribution in [0.1, 0.15) is 96.3 Å². The maximum atomic E-state index is 13.1. The van der Waals surface area contributed by atoms with Crippen molar-refractivity contribution in [3.05, 3.63) is 310 Å². The average molecular weight is 1760 g/mol. The van der Waals surface area contributed by atoms with Crippen molar-refractivity contribution in [3.63, 3.8) is 0 Å². The summed E-state index contributed by atoms with van der Waals surface area (Å²) in [6, 6.07) is 67.2. The molecule has 642 valence electrons. The first-order valence-corrected chi connectivity index (χ1v) is 40.4. The summed E-state index contributed by atoms with van der Waals surface area (Å²) in [7, 11) is 0. The lowest BCUT2D eigenvalue weighted by molar-refractivity contribution is -0.114. The molecule has 17 rings (SSSR count). The number of aromatic hydroxyl groups is 4. The average Bonchev–Trinajstić information content (AvgIpc) is 1.53. The number of phenolic OH excluding ortho intramolecular Hbond substituents is 4. The first-order valence-electron chi connectivity index (χ1n) is 38.8. The highest BCUT2D eigenvalue weighted by Crippen LogP contribution is 2.46. The molecule has 13 aromatic carbocycles. The van der Waals surface area contributed by atoms with Gasteiger partial charge in [-0.05, 0) is 153 Å². The monoisotopic (exact) mass is 1760 g/mol. The maximum Gasteiger partial charge on any atom is 0.259 e. The molecule has 0 bridgehead atoms. The molecule has 17 aromatic rings. The number of H-pyrrole nitrogens is 2. The van der Waals surface area contributed by atoms with Gasteiger partial charge >= 0.3 is 0 Å². The highest BCUT2D eigenvalue weighted by atomic mass is 32.1. The van der Waals surface area contributed by atoms with E-state index in [4.69, 9.17) is 15.3 Å². The molecule has 0 unspecified atom stereocenters. The third-order valence-corrected chi connectivity index (χ3v) is 20.8. The Labute approximate surface area is 737 Å². The van der Waals surface area contributed by atoms with Crippen LogP contribution in [-0.2, 0) is 31.2 Å². The minimum absolute atomic E-state index is 0.0131. The molecule has 15 N–H and O–H groups in total. The molecule has 4 heterocycles. The van der Waals surface area contributed by atoms with E-state index in [1.807, 2.05) is 43.3 Å². The molecule has 0 radical (unpaired) electrons. The minimum atomic E-state index is -0.536. The highest BCUT2D eigenvalue weighted by molar-refractivity contribution is 7.14. The van der Waals surface area contributed by atoms with Crippen molar-refractivity contribution in [2.24, 2.45) is 40.9 Å². The van der Waals surface area contributed by atoms with Crippen molar-refractivity contribution in [2.75, 3.05) is 26.6 Å². The normalized spacial score (nSPS) is 11.2. The van der Waals surface area contributed by atoms with E-state index < -0.39 is 23.6 Å². The fourth-order valence-corrected chi connectivity index (χ4v) is 14.0. The number of aromatic amines is 2. The molecule has 0 saturated carbocycles. The second-order valence-electron chi connectivity index (χ2n) is 28.0. The van der Waals surface area contributed by atoms with Crippen molar-refractivity contribution >= 4 is 192 Å². The van der Waals surface area contributed by atoms with E-state index in [2.05, 4.69) is 102 Å². The summed E-state index contributed by atoms with van der Waals surface area (Å²) in [6.07, 6.45) is 3.79. The number of benzene rings is 13. The van der Waals surface area contributed by atoms with Gasteiger partial charge in [0.15, 0.2) is 52.2 Å². The molecule has 0 saturated heterocycles. The van der Waals surface area contributed by atoms with Crippen LogP contribution in [0.25, 0.3) is 54.0 Å². The minimum Gasteiger partial charge on any atom is -0.505 e. The lowest BCUT2D eigenvalue weighted by Crippen LogP contribution is -2.12. The number of hydrogen-bond acceptors (Lipinski definition) is 30. The molecule has 5 amide bonds. The number of azo groups is 4. The number of aliphatic hydroxyl groups excluding tert-OH is 4. The van der Waals surface area contributed by atoms with Crippen LogP contribution in [0.5, 0.6) is 23.0 Å². The summed E-state index contributed by atoms with van der Waals surface area (Å²) < 4.78 is 4.37. The number of amides is 5. The fourth-order valence-electron chi connectivity index (χ4n) is 12.8. The summed E-state index contributed by atoms with van der Waals surface area (Å²) in [6.45, 7) is 2.85. The number of nitrogens with one attached hydrogen (secondary N) is 7. The van der Waals surface area contributed by atoms with E-state index >= 15 is 0 Å². The van der Waals surface area contributed by atoms with Crippen molar-refractivity contribution < 1.29 is 74.4 Å². The standard InChI is InChI=1S/C27H21N5O4S.2C22H17N5O4.C21H17N5O3S/c1-15(34)28-19-10-11-23-21(13-19)27(37-32-23)31-30-24-20-5-3-2-4-17(20)12-22(25(24)35)26(36)29-18-8-6-16(14-33)7-9-18;2*28-11-13-5-7-16(8-6-13)24-22(31)18-9-14-3-1-2-4-17(14)19(20(18)30)25-27-21-15(12-29)10-23-26-21;1-12-23-25-21(30-12)26-24-18-16-5-3-2-4-14(16)10-17(19(18)28)20(29)22-15-8-6-13(11-27)7-9-15/h2-13,33,35H,14H2,1H3,(H,28,34)(H,29,36);2*1-10,12,28,30H,11H2,(H,23,26)(H,24,31);2-10,27-28H,11H2,1H3,(H,22,29). The summed E-state index contributed by atoms with van der Waals surface area (Å²) >= 11 is 2.41. The van der Waals surface area contributed by atoms with Gasteiger partial charge in [0.1, 0.15) is 27.8 Å². The largest absolute Gasteiger partial charge is 0.505 e. The number of carbonyl (C=O) groups is 7. The quantitative estimate of drug-likeness (QED) is 0.0209. The van der Waals surface area contributed by atoms with E-state index in [0.29, 0.717) is 116 Å². The number of aryl methyl sites for hydroxylation is 1. The maximum absolute atomic E-state index is 13.1. The first-order chi connectivity index (χ1) is 62.7. The third kappa shape index (κ3) is 21.1. The Morgan fingerprint density at radius 2 is 0.690 bits per heavy atom. The van der Waals surface area contributed by atoms with Gasteiger partial charge in [-0.15, -0.1) is 51.1 Å². The van der Waals surface area contributed by atoms with Crippen molar-refractivity contribution in [1.82, 2.24) is 35.0 Å². The lowest BCUT2D eigenvalue weighted by atomic mass is 10.0. The van der Waals surface area contributed by atoms with Gasteiger partial charge in [-0.1, -0.05) is 157 Å².